The Morgan fingerprint density at radius 3 is 2.54 bits per heavy atom. The average molecular weight is 408 g/mol. The number of aromatic nitrogens is 1. The predicted molar refractivity (Wildman–Crippen MR) is 96.4 cm³/mol. The number of carbonyl (C=O) groups excluding carboxylic acids is 2. The first-order valence-corrected chi connectivity index (χ1v) is 8.20. The third kappa shape index (κ3) is 3.60. The molecule has 0 bridgehead atoms. The number of nitrogens with one attached hydrogen (secondary N) is 2. The van der Waals surface area contributed by atoms with E-state index in [4.69, 9.17) is 16.3 Å². The van der Waals surface area contributed by atoms with Gasteiger partial charge >= 0.3 is 5.97 Å². The van der Waals surface area contributed by atoms with Gasteiger partial charge in [-0.25, -0.2) is 4.79 Å². The zero-order valence-corrected chi connectivity index (χ0v) is 14.6. The van der Waals surface area contributed by atoms with E-state index in [0.717, 1.165) is 15.4 Å². The van der Waals surface area contributed by atoms with Crippen molar-refractivity contribution in [3.8, 4) is 0 Å². The van der Waals surface area contributed by atoms with Crippen molar-refractivity contribution < 1.29 is 14.3 Å². The second-order valence-corrected chi connectivity index (χ2v) is 6.28. The number of amides is 1. The van der Waals surface area contributed by atoms with Crippen molar-refractivity contribution >= 4 is 56.0 Å². The molecule has 2 aromatic carbocycles. The minimum absolute atomic E-state index is 0.134. The van der Waals surface area contributed by atoms with Crippen LogP contribution >= 0.6 is 27.5 Å². The van der Waals surface area contributed by atoms with Gasteiger partial charge in [0.2, 0.25) is 0 Å². The van der Waals surface area contributed by atoms with Gasteiger partial charge in [-0.15, -0.1) is 0 Å². The molecule has 1 heterocycles. The number of para-hydroxylation sites is 1. The minimum atomic E-state index is -0.679. The van der Waals surface area contributed by atoms with E-state index in [2.05, 4.69) is 26.2 Å². The highest BCUT2D eigenvalue weighted by atomic mass is 79.9. The molecule has 2 N–H and O–H groups in total. The van der Waals surface area contributed by atoms with Gasteiger partial charge in [-0.3, -0.25) is 4.79 Å². The van der Waals surface area contributed by atoms with Crippen molar-refractivity contribution in [2.24, 2.45) is 0 Å². The predicted octanol–water partition coefficient (Wildman–Crippen LogP) is 4.38. The summed E-state index contributed by atoms with van der Waals surface area (Å²) in [4.78, 5) is 26.9. The molecule has 0 atom stereocenters. The highest BCUT2D eigenvalue weighted by Crippen LogP contribution is 2.27. The summed E-state index contributed by atoms with van der Waals surface area (Å²) in [5.41, 5.74) is 1.48. The zero-order valence-electron chi connectivity index (χ0n) is 12.3. The molecule has 0 aliphatic heterocycles. The van der Waals surface area contributed by atoms with Crippen molar-refractivity contribution in [1.29, 1.82) is 0 Å². The molecule has 0 aliphatic carbocycles. The van der Waals surface area contributed by atoms with Gasteiger partial charge in [-0.05, 0) is 30.3 Å². The van der Waals surface area contributed by atoms with E-state index in [1.807, 2.05) is 12.1 Å². The van der Waals surface area contributed by atoms with Crippen LogP contribution in [0.2, 0.25) is 5.02 Å². The highest BCUT2D eigenvalue weighted by molar-refractivity contribution is 9.10. The Morgan fingerprint density at radius 2 is 1.83 bits per heavy atom. The summed E-state index contributed by atoms with van der Waals surface area (Å²) in [5.74, 6) is -1.11. The molecule has 3 rings (SSSR count). The number of ether oxygens (including phenoxy) is 1. The maximum absolute atomic E-state index is 12.1. The number of anilines is 1. The summed E-state index contributed by atoms with van der Waals surface area (Å²) in [6, 6.07) is 14.3. The third-order valence-corrected chi connectivity index (χ3v) is 4.23. The molecule has 0 saturated carbocycles. The maximum Gasteiger partial charge on any atom is 0.356 e. The standard InChI is InChI=1S/C17H12BrClN2O3/c18-10-5-7-11(8-6-10)20-14(22)9-24-17(23)16-15(19)12-3-1-2-4-13(12)21-16/h1-8,21H,9H2,(H,20,22). The lowest BCUT2D eigenvalue weighted by Crippen LogP contribution is -2.21. The Labute approximate surface area is 151 Å². The average Bonchev–Trinajstić information content (AvgIpc) is 2.92. The Kier molecular flexibility index (Phi) is 4.87. The Bertz CT molecular complexity index is 906. The molecular formula is C17H12BrClN2O3. The number of carbonyl (C=O) groups is 2. The molecule has 7 heteroatoms. The first kappa shape index (κ1) is 16.5. The number of fused-ring (bicyclic) bond motifs is 1. The molecular weight excluding hydrogens is 396 g/mol. The van der Waals surface area contributed by atoms with Crippen LogP contribution in [0.4, 0.5) is 5.69 Å². The van der Waals surface area contributed by atoms with E-state index in [0.29, 0.717) is 5.69 Å². The van der Waals surface area contributed by atoms with E-state index >= 15 is 0 Å². The molecule has 0 spiro atoms. The van der Waals surface area contributed by atoms with Crippen molar-refractivity contribution in [2.45, 2.75) is 0 Å². The zero-order chi connectivity index (χ0) is 17.1. The molecule has 0 radical (unpaired) electrons. The third-order valence-electron chi connectivity index (χ3n) is 3.31. The number of H-pyrrole nitrogens is 1. The number of rotatable bonds is 4. The Morgan fingerprint density at radius 1 is 1.12 bits per heavy atom. The van der Waals surface area contributed by atoms with Gasteiger partial charge in [-0.1, -0.05) is 45.7 Å². The van der Waals surface area contributed by atoms with Crippen LogP contribution in [0.15, 0.2) is 53.0 Å². The molecule has 5 nitrogen and oxygen atoms in total. The Balaban J connectivity index is 1.63. The number of hydrogen-bond acceptors (Lipinski definition) is 3. The van der Waals surface area contributed by atoms with E-state index in [-0.39, 0.29) is 10.7 Å². The van der Waals surface area contributed by atoms with Crippen LogP contribution in [0.25, 0.3) is 10.9 Å². The lowest BCUT2D eigenvalue weighted by Gasteiger charge is -2.06. The van der Waals surface area contributed by atoms with Crippen LogP contribution in [0, 0.1) is 0 Å². The van der Waals surface area contributed by atoms with E-state index in [1.54, 1.807) is 36.4 Å². The molecule has 0 fully saturated rings. The number of esters is 1. The van der Waals surface area contributed by atoms with Crippen LogP contribution in [-0.4, -0.2) is 23.5 Å². The van der Waals surface area contributed by atoms with Gasteiger partial charge < -0.3 is 15.0 Å². The van der Waals surface area contributed by atoms with E-state index < -0.39 is 18.5 Å². The summed E-state index contributed by atoms with van der Waals surface area (Å²) < 4.78 is 5.92. The second kappa shape index (κ2) is 7.07. The molecule has 122 valence electrons. The first-order chi connectivity index (χ1) is 11.5. The van der Waals surface area contributed by atoms with Crippen LogP contribution in [-0.2, 0) is 9.53 Å². The molecule has 1 aromatic heterocycles. The quantitative estimate of drug-likeness (QED) is 0.631. The molecule has 0 aliphatic rings. The monoisotopic (exact) mass is 406 g/mol. The summed E-state index contributed by atoms with van der Waals surface area (Å²) >= 11 is 9.49. The van der Waals surface area contributed by atoms with Crippen LogP contribution in [0.5, 0.6) is 0 Å². The van der Waals surface area contributed by atoms with E-state index in [1.165, 1.54) is 0 Å². The molecule has 3 aromatic rings. The molecule has 1 amide bonds. The van der Waals surface area contributed by atoms with Gasteiger partial charge in [0.1, 0.15) is 5.69 Å². The smallest absolute Gasteiger partial charge is 0.356 e. The van der Waals surface area contributed by atoms with Crippen LogP contribution in [0.1, 0.15) is 10.5 Å². The SMILES string of the molecule is O=C(COC(=O)c1[nH]c2ccccc2c1Cl)Nc1ccc(Br)cc1. The highest BCUT2D eigenvalue weighted by Gasteiger charge is 2.18. The second-order valence-electron chi connectivity index (χ2n) is 4.99. The van der Waals surface area contributed by atoms with Gasteiger partial charge in [0, 0.05) is 21.1 Å². The van der Waals surface area contributed by atoms with Crippen molar-refractivity contribution in [3.63, 3.8) is 0 Å². The minimum Gasteiger partial charge on any atom is -0.451 e. The largest absolute Gasteiger partial charge is 0.451 e. The topological polar surface area (TPSA) is 71.2 Å². The fourth-order valence-corrected chi connectivity index (χ4v) is 2.74. The van der Waals surface area contributed by atoms with Gasteiger partial charge in [-0.2, -0.15) is 0 Å². The number of benzene rings is 2. The van der Waals surface area contributed by atoms with Gasteiger partial charge in [0.25, 0.3) is 5.91 Å². The summed E-state index contributed by atoms with van der Waals surface area (Å²) in [6.07, 6.45) is 0. The first-order valence-electron chi connectivity index (χ1n) is 7.03. The molecule has 0 saturated heterocycles. The molecule has 0 unspecified atom stereocenters. The summed E-state index contributed by atoms with van der Waals surface area (Å²) in [6.45, 7) is -0.402. The van der Waals surface area contributed by atoms with E-state index in [9.17, 15) is 9.59 Å². The number of hydrogen-bond donors (Lipinski definition) is 2. The lowest BCUT2D eigenvalue weighted by atomic mass is 10.2. The fourth-order valence-electron chi connectivity index (χ4n) is 2.18. The number of halogens is 2. The van der Waals surface area contributed by atoms with Gasteiger partial charge in [0.05, 0.1) is 5.02 Å². The van der Waals surface area contributed by atoms with Crippen LogP contribution < -0.4 is 5.32 Å². The Hall–Kier alpha value is -2.31. The summed E-state index contributed by atoms with van der Waals surface area (Å²) in [5, 5.41) is 3.65. The summed E-state index contributed by atoms with van der Waals surface area (Å²) in [7, 11) is 0. The van der Waals surface area contributed by atoms with Crippen LogP contribution in [0.3, 0.4) is 0 Å². The lowest BCUT2D eigenvalue weighted by molar-refractivity contribution is -0.119. The van der Waals surface area contributed by atoms with Crippen molar-refractivity contribution in [3.05, 3.63) is 63.7 Å². The maximum atomic E-state index is 12.1. The fraction of sp³-hybridized carbons (Fsp3) is 0.0588. The number of aromatic amines is 1. The van der Waals surface area contributed by atoms with Gasteiger partial charge in [0.15, 0.2) is 6.61 Å². The van der Waals surface area contributed by atoms with Crippen molar-refractivity contribution in [1.82, 2.24) is 4.98 Å². The molecule has 24 heavy (non-hydrogen) atoms. The van der Waals surface area contributed by atoms with Crippen molar-refractivity contribution in [2.75, 3.05) is 11.9 Å². The normalized spacial score (nSPS) is 10.6.